The first kappa shape index (κ1) is 11.5. The first-order valence-electron chi connectivity index (χ1n) is 5.70. The highest BCUT2D eigenvalue weighted by Gasteiger charge is 2.07. The number of aryl methyl sites for hydroxylation is 1. The summed E-state index contributed by atoms with van der Waals surface area (Å²) in [5.74, 6) is 0.330. The molecule has 0 aliphatic carbocycles. The van der Waals surface area contributed by atoms with E-state index < -0.39 is 0 Å². The fraction of sp³-hybridized carbons (Fsp3) is 0.200. The lowest BCUT2D eigenvalue weighted by atomic mass is 9.92. The van der Waals surface area contributed by atoms with Gasteiger partial charge in [0, 0.05) is 5.92 Å². The molecule has 0 saturated carbocycles. The van der Waals surface area contributed by atoms with E-state index >= 15 is 0 Å². The Morgan fingerprint density at radius 1 is 0.882 bits per heavy atom. The van der Waals surface area contributed by atoms with Crippen molar-refractivity contribution in [2.75, 3.05) is 0 Å². The zero-order chi connectivity index (χ0) is 12.3. The minimum atomic E-state index is 0.330. The molecule has 0 aliphatic heterocycles. The monoisotopic (exact) mass is 225 g/mol. The van der Waals surface area contributed by atoms with Crippen molar-refractivity contribution < 1.29 is 0 Å². The minimum absolute atomic E-state index is 0.330. The lowest BCUT2D eigenvalue weighted by Crippen LogP contribution is -1.95. The molecule has 2 nitrogen and oxygen atoms in total. The van der Waals surface area contributed by atoms with Crippen LogP contribution in [0.3, 0.4) is 0 Å². The van der Waals surface area contributed by atoms with Crippen molar-refractivity contribution in [2.24, 2.45) is 5.18 Å². The average molecular weight is 225 g/mol. The Kier molecular flexibility index (Phi) is 3.33. The largest absolute Gasteiger partial charge is 0.145 e. The highest BCUT2D eigenvalue weighted by atomic mass is 16.3. The van der Waals surface area contributed by atoms with Crippen LogP contribution >= 0.6 is 0 Å². The molecular formula is C15H15NO. The van der Waals surface area contributed by atoms with Crippen LogP contribution in [0.2, 0.25) is 0 Å². The summed E-state index contributed by atoms with van der Waals surface area (Å²) >= 11 is 0. The molecule has 0 heterocycles. The molecule has 0 aromatic heterocycles. The Morgan fingerprint density at radius 2 is 1.35 bits per heavy atom. The summed E-state index contributed by atoms with van der Waals surface area (Å²) in [5.41, 5.74) is 4.22. The zero-order valence-electron chi connectivity index (χ0n) is 10.1. The summed E-state index contributed by atoms with van der Waals surface area (Å²) in [6.07, 6.45) is 0. The molecule has 0 N–H and O–H groups in total. The van der Waals surface area contributed by atoms with Crippen LogP contribution in [0.4, 0.5) is 5.69 Å². The summed E-state index contributed by atoms with van der Waals surface area (Å²) < 4.78 is 0. The maximum absolute atomic E-state index is 10.3. The van der Waals surface area contributed by atoms with Gasteiger partial charge in [-0.2, -0.15) is 0 Å². The molecule has 17 heavy (non-hydrogen) atoms. The number of rotatable bonds is 3. The second kappa shape index (κ2) is 4.91. The highest BCUT2D eigenvalue weighted by molar-refractivity contribution is 5.42. The molecule has 0 saturated heterocycles. The number of hydrogen-bond donors (Lipinski definition) is 0. The fourth-order valence-electron chi connectivity index (χ4n) is 1.87. The van der Waals surface area contributed by atoms with Crippen LogP contribution < -0.4 is 0 Å². The van der Waals surface area contributed by atoms with Gasteiger partial charge in [0.15, 0.2) is 0 Å². The van der Waals surface area contributed by atoms with Gasteiger partial charge in [0.1, 0.15) is 5.69 Å². The van der Waals surface area contributed by atoms with Gasteiger partial charge in [-0.05, 0) is 35.4 Å². The molecule has 2 aromatic rings. The summed E-state index contributed by atoms with van der Waals surface area (Å²) in [5, 5.41) is 2.91. The second-order valence-corrected chi connectivity index (χ2v) is 4.32. The highest BCUT2D eigenvalue weighted by Crippen LogP contribution is 2.25. The van der Waals surface area contributed by atoms with Gasteiger partial charge in [-0.25, -0.2) is 0 Å². The molecule has 0 amide bonds. The molecule has 2 heteroatoms. The van der Waals surface area contributed by atoms with E-state index in [1.807, 2.05) is 12.1 Å². The van der Waals surface area contributed by atoms with Crippen molar-refractivity contribution in [3.8, 4) is 0 Å². The van der Waals surface area contributed by atoms with Gasteiger partial charge in [0.05, 0.1) is 0 Å². The van der Waals surface area contributed by atoms with Gasteiger partial charge in [-0.1, -0.05) is 48.9 Å². The van der Waals surface area contributed by atoms with Gasteiger partial charge < -0.3 is 0 Å². The maximum Gasteiger partial charge on any atom is 0.108 e. The Balaban J connectivity index is 2.26. The molecule has 0 bridgehead atoms. The van der Waals surface area contributed by atoms with Crippen LogP contribution in [0.1, 0.15) is 29.5 Å². The van der Waals surface area contributed by atoms with Crippen molar-refractivity contribution in [3.05, 3.63) is 70.1 Å². The third kappa shape index (κ3) is 2.59. The van der Waals surface area contributed by atoms with Crippen LogP contribution in [0.15, 0.2) is 53.7 Å². The first-order chi connectivity index (χ1) is 8.20. The van der Waals surface area contributed by atoms with E-state index in [1.54, 1.807) is 12.1 Å². The van der Waals surface area contributed by atoms with Crippen LogP contribution in [0, 0.1) is 11.8 Å². The zero-order valence-corrected chi connectivity index (χ0v) is 10.1. The lowest BCUT2D eigenvalue weighted by Gasteiger charge is -2.12. The molecule has 2 rings (SSSR count). The van der Waals surface area contributed by atoms with Gasteiger partial charge in [0.2, 0.25) is 0 Å². The number of hydrogen-bond acceptors (Lipinski definition) is 2. The van der Waals surface area contributed by atoms with Crippen LogP contribution in [0.25, 0.3) is 0 Å². The smallest absolute Gasteiger partial charge is 0.108 e. The third-order valence-electron chi connectivity index (χ3n) is 3.08. The summed E-state index contributed by atoms with van der Waals surface area (Å²) in [7, 11) is 0. The van der Waals surface area contributed by atoms with E-state index in [2.05, 4.69) is 43.3 Å². The molecule has 0 aliphatic rings. The van der Waals surface area contributed by atoms with Crippen LogP contribution in [0.5, 0.6) is 0 Å². The molecule has 1 unspecified atom stereocenters. The van der Waals surface area contributed by atoms with Crippen LogP contribution in [-0.4, -0.2) is 0 Å². The second-order valence-electron chi connectivity index (χ2n) is 4.32. The molecule has 0 fully saturated rings. The Hall–Kier alpha value is -1.96. The number of nitrogens with zero attached hydrogens (tertiary/aromatic N) is 1. The van der Waals surface area contributed by atoms with Crippen molar-refractivity contribution >= 4 is 5.69 Å². The molecular weight excluding hydrogens is 210 g/mol. The van der Waals surface area contributed by atoms with Gasteiger partial charge >= 0.3 is 0 Å². The predicted molar refractivity (Wildman–Crippen MR) is 70.6 cm³/mol. The minimum Gasteiger partial charge on any atom is -0.145 e. The molecule has 0 spiro atoms. The van der Waals surface area contributed by atoms with E-state index in [-0.39, 0.29) is 0 Å². The first-order valence-corrected chi connectivity index (χ1v) is 5.70. The Morgan fingerprint density at radius 3 is 1.82 bits per heavy atom. The number of benzene rings is 2. The van der Waals surface area contributed by atoms with Crippen molar-refractivity contribution in [3.63, 3.8) is 0 Å². The predicted octanol–water partition coefficient (Wildman–Crippen LogP) is 4.54. The average Bonchev–Trinajstić information content (AvgIpc) is 2.39. The lowest BCUT2D eigenvalue weighted by molar-refractivity contribution is 0.921. The van der Waals surface area contributed by atoms with Gasteiger partial charge in [-0.3, -0.25) is 0 Å². The molecule has 0 radical (unpaired) electrons. The molecule has 1 atom stereocenters. The van der Waals surface area contributed by atoms with Crippen molar-refractivity contribution in [1.82, 2.24) is 0 Å². The van der Waals surface area contributed by atoms with Crippen molar-refractivity contribution in [1.29, 1.82) is 0 Å². The van der Waals surface area contributed by atoms with E-state index in [4.69, 9.17) is 0 Å². The van der Waals surface area contributed by atoms with E-state index in [0.717, 1.165) is 0 Å². The standard InChI is InChI=1S/C15H15NO/c1-11-3-5-13(6-4-11)12(2)14-7-9-15(16-17)10-8-14/h3-10,12H,1-2H3. The number of nitroso groups, excluding NO2 is 1. The Bertz CT molecular complexity index is 499. The molecule has 2 aromatic carbocycles. The van der Waals surface area contributed by atoms with E-state index in [9.17, 15) is 4.91 Å². The van der Waals surface area contributed by atoms with E-state index in [0.29, 0.717) is 11.6 Å². The summed E-state index contributed by atoms with van der Waals surface area (Å²) in [6.45, 7) is 4.24. The van der Waals surface area contributed by atoms with Gasteiger partial charge in [0.25, 0.3) is 0 Å². The van der Waals surface area contributed by atoms with Gasteiger partial charge in [-0.15, -0.1) is 4.91 Å². The SMILES string of the molecule is Cc1ccc(C(C)c2ccc(N=O)cc2)cc1. The van der Waals surface area contributed by atoms with E-state index in [1.165, 1.54) is 16.7 Å². The summed E-state index contributed by atoms with van der Waals surface area (Å²) in [6, 6.07) is 16.0. The van der Waals surface area contributed by atoms with Crippen molar-refractivity contribution in [2.45, 2.75) is 19.8 Å². The third-order valence-corrected chi connectivity index (χ3v) is 3.08. The quantitative estimate of drug-likeness (QED) is 0.705. The molecule has 86 valence electrons. The topological polar surface area (TPSA) is 29.4 Å². The normalized spacial score (nSPS) is 12.1. The Labute approximate surface area is 101 Å². The summed E-state index contributed by atoms with van der Waals surface area (Å²) in [4.78, 5) is 10.3. The van der Waals surface area contributed by atoms with Crippen LogP contribution in [-0.2, 0) is 0 Å². The maximum atomic E-state index is 10.3. The fourth-order valence-corrected chi connectivity index (χ4v) is 1.87.